The van der Waals surface area contributed by atoms with Crippen molar-refractivity contribution in [3.63, 3.8) is 0 Å². The van der Waals surface area contributed by atoms with E-state index in [0.29, 0.717) is 22.6 Å². The van der Waals surface area contributed by atoms with E-state index in [1.54, 1.807) is 55.5 Å². The summed E-state index contributed by atoms with van der Waals surface area (Å²) in [5.41, 5.74) is 1.42. The maximum absolute atomic E-state index is 12.3. The Kier molecular flexibility index (Phi) is 8.95. The van der Waals surface area contributed by atoms with E-state index in [0.717, 1.165) is 11.8 Å². The summed E-state index contributed by atoms with van der Waals surface area (Å²) in [6, 6.07) is 13.1. The Morgan fingerprint density at radius 3 is 2.63 bits per heavy atom. The van der Waals surface area contributed by atoms with Crippen molar-refractivity contribution < 1.29 is 33.8 Å². The van der Waals surface area contributed by atoms with Crippen molar-refractivity contribution in [1.29, 1.82) is 0 Å². The number of thioether (sulfide) groups is 1. The van der Waals surface area contributed by atoms with E-state index in [9.17, 15) is 19.2 Å². The highest BCUT2D eigenvalue weighted by Gasteiger charge is 2.32. The molecule has 2 aromatic carbocycles. The number of hydrogen-bond acceptors (Lipinski definition) is 9. The van der Waals surface area contributed by atoms with E-state index >= 15 is 0 Å². The Bertz CT molecular complexity index is 1160. The van der Waals surface area contributed by atoms with Crippen molar-refractivity contribution in [3.05, 3.63) is 59.7 Å². The molecule has 0 bridgehead atoms. The second kappa shape index (κ2) is 12.3. The number of para-hydroxylation sites is 1. The molecule has 1 saturated heterocycles. The van der Waals surface area contributed by atoms with Crippen LogP contribution in [-0.2, 0) is 19.1 Å². The number of esters is 1. The van der Waals surface area contributed by atoms with Crippen molar-refractivity contribution in [1.82, 2.24) is 5.32 Å². The second-order valence-corrected chi connectivity index (χ2v) is 8.21. The average molecular weight is 499 g/mol. The number of amidine groups is 1. The van der Waals surface area contributed by atoms with Crippen LogP contribution in [0.1, 0.15) is 29.3 Å². The Labute approximate surface area is 204 Å². The monoisotopic (exact) mass is 498 g/mol. The third-order valence-electron chi connectivity index (χ3n) is 4.44. The highest BCUT2D eigenvalue weighted by molar-refractivity contribution is 8.15. The summed E-state index contributed by atoms with van der Waals surface area (Å²) in [6.45, 7) is 1.72. The molecule has 1 aliphatic heterocycles. The second-order valence-electron chi connectivity index (χ2n) is 7.02. The van der Waals surface area contributed by atoms with Gasteiger partial charge in [0.15, 0.2) is 11.8 Å². The fourth-order valence-corrected chi connectivity index (χ4v) is 3.77. The van der Waals surface area contributed by atoms with Crippen LogP contribution in [0.4, 0.5) is 5.69 Å². The SMILES string of the molecule is CCOC(=O)c1ccc(NC(=O)COc2ccccc2C=NN=C2NC(=O)C(CC(=O)O)S2)cc1. The Morgan fingerprint density at radius 2 is 1.91 bits per heavy atom. The summed E-state index contributed by atoms with van der Waals surface area (Å²) >= 11 is 0.991. The molecule has 0 saturated carbocycles. The Balaban J connectivity index is 1.55. The van der Waals surface area contributed by atoms with Gasteiger partial charge in [0.25, 0.3) is 5.91 Å². The number of benzene rings is 2. The lowest BCUT2D eigenvalue weighted by molar-refractivity contribution is -0.138. The summed E-state index contributed by atoms with van der Waals surface area (Å²) in [4.78, 5) is 46.5. The zero-order valence-electron chi connectivity index (χ0n) is 18.6. The maximum Gasteiger partial charge on any atom is 0.338 e. The number of amides is 2. The van der Waals surface area contributed by atoms with E-state index < -0.39 is 29.0 Å². The lowest BCUT2D eigenvalue weighted by Crippen LogP contribution is -2.26. The number of carboxylic acid groups (broad SMARTS) is 1. The van der Waals surface area contributed by atoms with E-state index in [4.69, 9.17) is 14.6 Å². The summed E-state index contributed by atoms with van der Waals surface area (Å²) in [5.74, 6) is -1.97. The van der Waals surface area contributed by atoms with Gasteiger partial charge in [0.1, 0.15) is 11.0 Å². The minimum Gasteiger partial charge on any atom is -0.483 e. The molecular formula is C23H22N4O7S. The number of carboxylic acids is 1. The van der Waals surface area contributed by atoms with Gasteiger partial charge in [-0.25, -0.2) is 4.79 Å². The fourth-order valence-electron chi connectivity index (χ4n) is 2.85. The van der Waals surface area contributed by atoms with Gasteiger partial charge in [-0.15, -0.1) is 5.10 Å². The standard InChI is InChI=1S/C23H22N4O7S/c1-2-33-22(32)14-7-9-16(10-8-14)25-19(28)13-34-17-6-4-3-5-15(17)12-24-27-23-26-21(31)18(35-23)11-20(29)30/h3-10,12,18H,2,11,13H2,1H3,(H,25,28)(H,29,30)(H,26,27,31). The third kappa shape index (κ3) is 7.67. The number of carbonyl (C=O) groups excluding carboxylic acids is 3. The molecule has 1 atom stereocenters. The quantitative estimate of drug-likeness (QED) is 0.256. The molecule has 182 valence electrons. The number of nitrogens with one attached hydrogen (secondary N) is 2. The topological polar surface area (TPSA) is 156 Å². The molecule has 35 heavy (non-hydrogen) atoms. The van der Waals surface area contributed by atoms with Crippen LogP contribution in [0.3, 0.4) is 0 Å². The highest BCUT2D eigenvalue weighted by atomic mass is 32.2. The molecule has 1 fully saturated rings. The molecule has 12 heteroatoms. The van der Waals surface area contributed by atoms with Crippen LogP contribution in [0.25, 0.3) is 0 Å². The lowest BCUT2D eigenvalue weighted by atomic mass is 10.2. The summed E-state index contributed by atoms with van der Waals surface area (Å²) in [7, 11) is 0. The molecule has 2 amide bonds. The largest absolute Gasteiger partial charge is 0.483 e. The van der Waals surface area contributed by atoms with E-state index in [-0.39, 0.29) is 24.8 Å². The van der Waals surface area contributed by atoms with Gasteiger partial charge in [-0.1, -0.05) is 23.9 Å². The van der Waals surface area contributed by atoms with Gasteiger partial charge >= 0.3 is 11.9 Å². The van der Waals surface area contributed by atoms with Crippen molar-refractivity contribution in [2.24, 2.45) is 10.2 Å². The predicted octanol–water partition coefficient (Wildman–Crippen LogP) is 2.28. The summed E-state index contributed by atoms with van der Waals surface area (Å²) < 4.78 is 10.5. The molecule has 11 nitrogen and oxygen atoms in total. The summed E-state index contributed by atoms with van der Waals surface area (Å²) in [6.07, 6.45) is 1.08. The average Bonchev–Trinajstić information content (AvgIpc) is 3.17. The number of carbonyl (C=O) groups is 4. The van der Waals surface area contributed by atoms with Crippen LogP contribution in [0.2, 0.25) is 0 Å². The number of hydrogen-bond donors (Lipinski definition) is 3. The summed E-state index contributed by atoms with van der Waals surface area (Å²) in [5, 5.41) is 21.3. The first kappa shape index (κ1) is 25.4. The molecule has 1 aliphatic rings. The molecule has 1 unspecified atom stereocenters. The fraction of sp³-hybridized carbons (Fsp3) is 0.217. The zero-order chi connectivity index (χ0) is 25.2. The van der Waals surface area contributed by atoms with Crippen LogP contribution in [0.5, 0.6) is 5.75 Å². The van der Waals surface area contributed by atoms with Crippen LogP contribution in [0.15, 0.2) is 58.7 Å². The first-order valence-corrected chi connectivity index (χ1v) is 11.3. The Hall–Kier alpha value is -4.19. The number of rotatable bonds is 10. The minimum atomic E-state index is -1.08. The molecule has 0 aliphatic carbocycles. The highest BCUT2D eigenvalue weighted by Crippen LogP contribution is 2.22. The van der Waals surface area contributed by atoms with Gasteiger partial charge in [-0.05, 0) is 43.3 Å². The van der Waals surface area contributed by atoms with Crippen LogP contribution >= 0.6 is 11.8 Å². The lowest BCUT2D eigenvalue weighted by Gasteiger charge is -2.10. The van der Waals surface area contributed by atoms with Crippen LogP contribution in [-0.4, -0.2) is 58.7 Å². The molecule has 3 N–H and O–H groups in total. The molecule has 0 radical (unpaired) electrons. The molecule has 3 rings (SSSR count). The maximum atomic E-state index is 12.3. The molecule has 0 aromatic heterocycles. The van der Waals surface area contributed by atoms with E-state index in [1.165, 1.54) is 6.21 Å². The predicted molar refractivity (Wildman–Crippen MR) is 130 cm³/mol. The van der Waals surface area contributed by atoms with Crippen LogP contribution in [0, 0.1) is 0 Å². The van der Waals surface area contributed by atoms with Gasteiger partial charge in [-0.2, -0.15) is 5.10 Å². The Morgan fingerprint density at radius 1 is 1.17 bits per heavy atom. The number of anilines is 1. The van der Waals surface area contributed by atoms with Gasteiger partial charge in [0, 0.05) is 11.3 Å². The molecule has 0 spiro atoms. The smallest absolute Gasteiger partial charge is 0.338 e. The van der Waals surface area contributed by atoms with Gasteiger partial charge in [0.05, 0.1) is 24.8 Å². The minimum absolute atomic E-state index is 0.198. The van der Waals surface area contributed by atoms with Crippen molar-refractivity contribution in [2.45, 2.75) is 18.6 Å². The normalized spacial score (nSPS) is 16.2. The van der Waals surface area contributed by atoms with E-state index in [2.05, 4.69) is 20.8 Å². The van der Waals surface area contributed by atoms with Gasteiger partial charge in [-0.3, -0.25) is 14.4 Å². The van der Waals surface area contributed by atoms with Crippen LogP contribution < -0.4 is 15.4 Å². The van der Waals surface area contributed by atoms with Crippen molar-refractivity contribution in [3.8, 4) is 5.75 Å². The van der Waals surface area contributed by atoms with Crippen molar-refractivity contribution >= 4 is 52.6 Å². The van der Waals surface area contributed by atoms with E-state index in [1.807, 2.05) is 0 Å². The number of nitrogens with zero attached hydrogens (tertiary/aromatic N) is 2. The number of aliphatic carboxylic acids is 1. The van der Waals surface area contributed by atoms with Crippen molar-refractivity contribution in [2.75, 3.05) is 18.5 Å². The van der Waals surface area contributed by atoms with Gasteiger partial charge < -0.3 is 25.2 Å². The first-order chi connectivity index (χ1) is 16.9. The zero-order valence-corrected chi connectivity index (χ0v) is 19.4. The number of ether oxygens (including phenoxy) is 2. The molecule has 1 heterocycles. The first-order valence-electron chi connectivity index (χ1n) is 10.4. The third-order valence-corrected chi connectivity index (χ3v) is 5.51. The van der Waals surface area contributed by atoms with Gasteiger partial charge in [0.2, 0.25) is 5.91 Å². The molecular weight excluding hydrogens is 476 g/mol. The molecule has 2 aromatic rings.